The van der Waals surface area contributed by atoms with Gasteiger partial charge in [0.1, 0.15) is 0 Å². The predicted octanol–water partition coefficient (Wildman–Crippen LogP) is 2.78. The van der Waals surface area contributed by atoms with Crippen LogP contribution < -0.4 is 5.32 Å². The van der Waals surface area contributed by atoms with Crippen molar-refractivity contribution in [2.45, 2.75) is 32.1 Å². The molecule has 24 heavy (non-hydrogen) atoms. The third kappa shape index (κ3) is 4.50. The third-order valence-corrected chi connectivity index (χ3v) is 5.42. The molecule has 0 spiro atoms. The predicted molar refractivity (Wildman–Crippen MR) is 102 cm³/mol. The minimum atomic E-state index is 0.632. The molecule has 0 saturated carbocycles. The Hall–Kier alpha value is -1.55. The second kappa shape index (κ2) is 8.52. The van der Waals surface area contributed by atoms with Gasteiger partial charge in [0.05, 0.1) is 0 Å². The second-order valence-corrected chi connectivity index (χ2v) is 7.36. The van der Waals surface area contributed by atoms with Gasteiger partial charge >= 0.3 is 0 Å². The number of nitrogens with zero attached hydrogens (tertiary/aromatic N) is 3. The fraction of sp³-hybridized carbons (Fsp3) is 0.650. The third-order valence-electron chi connectivity index (χ3n) is 5.42. The zero-order chi connectivity index (χ0) is 16.8. The minimum Gasteiger partial charge on any atom is -0.355 e. The van der Waals surface area contributed by atoms with E-state index in [1.807, 2.05) is 7.05 Å². The van der Waals surface area contributed by atoms with E-state index in [1.54, 1.807) is 0 Å². The highest BCUT2D eigenvalue weighted by atomic mass is 15.3. The molecule has 1 aromatic carbocycles. The minimum absolute atomic E-state index is 0.632. The molecule has 132 valence electrons. The normalized spacial score (nSPS) is 25.9. The maximum Gasteiger partial charge on any atom is 0.193 e. The highest BCUT2D eigenvalue weighted by molar-refractivity contribution is 5.80. The first-order valence-electron chi connectivity index (χ1n) is 9.49. The molecule has 2 heterocycles. The van der Waals surface area contributed by atoms with Gasteiger partial charge in [0.2, 0.25) is 0 Å². The van der Waals surface area contributed by atoms with Crippen molar-refractivity contribution in [2.24, 2.45) is 10.9 Å². The van der Waals surface area contributed by atoms with Crippen molar-refractivity contribution in [3.63, 3.8) is 0 Å². The van der Waals surface area contributed by atoms with Gasteiger partial charge in [0, 0.05) is 45.7 Å². The Morgan fingerprint density at radius 3 is 2.75 bits per heavy atom. The standard InChI is InChI=1S/C20H32N4/c1-17-7-6-12-23(15-17)14-11-22-20(21-2)24-13-10-19(16-24)18-8-4-3-5-9-18/h3-5,8-9,17,19H,6-7,10-16H2,1-2H3,(H,21,22). The molecule has 2 aliphatic rings. The molecular weight excluding hydrogens is 296 g/mol. The average Bonchev–Trinajstić information content (AvgIpc) is 3.09. The van der Waals surface area contributed by atoms with Gasteiger partial charge in [0.15, 0.2) is 5.96 Å². The summed E-state index contributed by atoms with van der Waals surface area (Å²) in [6.45, 7) is 9.16. The van der Waals surface area contributed by atoms with Crippen LogP contribution in [-0.2, 0) is 0 Å². The molecule has 0 aromatic heterocycles. The quantitative estimate of drug-likeness (QED) is 0.681. The lowest BCUT2D eigenvalue weighted by Crippen LogP contribution is -2.44. The molecule has 2 saturated heterocycles. The van der Waals surface area contributed by atoms with Crippen molar-refractivity contribution >= 4 is 5.96 Å². The smallest absolute Gasteiger partial charge is 0.193 e. The Bertz CT molecular complexity index is 528. The van der Waals surface area contributed by atoms with Crippen molar-refractivity contribution < 1.29 is 0 Å². The number of nitrogens with one attached hydrogen (secondary N) is 1. The Morgan fingerprint density at radius 1 is 1.17 bits per heavy atom. The van der Waals surface area contributed by atoms with E-state index < -0.39 is 0 Å². The fourth-order valence-corrected chi connectivity index (χ4v) is 4.10. The molecule has 2 fully saturated rings. The van der Waals surface area contributed by atoms with Gasteiger partial charge in [-0.2, -0.15) is 0 Å². The summed E-state index contributed by atoms with van der Waals surface area (Å²) in [5.74, 6) is 2.55. The van der Waals surface area contributed by atoms with Crippen LogP contribution >= 0.6 is 0 Å². The summed E-state index contributed by atoms with van der Waals surface area (Å²) in [6, 6.07) is 10.9. The fourth-order valence-electron chi connectivity index (χ4n) is 4.10. The van der Waals surface area contributed by atoms with Crippen LogP contribution in [0.4, 0.5) is 0 Å². The van der Waals surface area contributed by atoms with Crippen molar-refractivity contribution in [3.05, 3.63) is 35.9 Å². The summed E-state index contributed by atoms with van der Waals surface area (Å²) >= 11 is 0. The summed E-state index contributed by atoms with van der Waals surface area (Å²) in [7, 11) is 1.90. The van der Waals surface area contributed by atoms with Gasteiger partial charge in [-0.3, -0.25) is 4.99 Å². The number of aliphatic imine (C=N–C) groups is 1. The van der Waals surface area contributed by atoms with E-state index in [0.717, 1.165) is 38.1 Å². The molecule has 4 heteroatoms. The van der Waals surface area contributed by atoms with Gasteiger partial charge in [-0.05, 0) is 37.3 Å². The molecule has 3 rings (SSSR count). The number of rotatable bonds is 4. The van der Waals surface area contributed by atoms with Crippen LogP contribution in [0, 0.1) is 5.92 Å². The van der Waals surface area contributed by atoms with E-state index in [9.17, 15) is 0 Å². The molecule has 0 amide bonds. The highest BCUT2D eigenvalue weighted by Gasteiger charge is 2.26. The number of guanidine groups is 1. The SMILES string of the molecule is CN=C(NCCN1CCCC(C)C1)N1CCC(c2ccccc2)C1. The Labute approximate surface area is 146 Å². The van der Waals surface area contributed by atoms with Crippen LogP contribution in [0.3, 0.4) is 0 Å². The van der Waals surface area contributed by atoms with Gasteiger partial charge in [-0.15, -0.1) is 0 Å². The summed E-state index contributed by atoms with van der Waals surface area (Å²) in [4.78, 5) is 9.51. The molecule has 0 aliphatic carbocycles. The monoisotopic (exact) mass is 328 g/mol. The maximum atomic E-state index is 4.51. The van der Waals surface area contributed by atoms with Gasteiger partial charge in [0.25, 0.3) is 0 Å². The van der Waals surface area contributed by atoms with Crippen molar-refractivity contribution in [1.29, 1.82) is 0 Å². The van der Waals surface area contributed by atoms with Crippen LogP contribution in [0.15, 0.2) is 35.3 Å². The number of hydrogen-bond acceptors (Lipinski definition) is 2. The lowest BCUT2D eigenvalue weighted by atomic mass is 9.99. The maximum absolute atomic E-state index is 4.51. The molecular formula is C20H32N4. The van der Waals surface area contributed by atoms with Gasteiger partial charge in [-0.1, -0.05) is 37.3 Å². The number of piperidine rings is 1. The van der Waals surface area contributed by atoms with Crippen molar-refractivity contribution in [3.8, 4) is 0 Å². The molecule has 2 aliphatic heterocycles. The Balaban J connectivity index is 1.45. The number of benzene rings is 1. The average molecular weight is 329 g/mol. The van der Waals surface area contributed by atoms with Crippen LogP contribution in [0.2, 0.25) is 0 Å². The summed E-state index contributed by atoms with van der Waals surface area (Å²) in [5.41, 5.74) is 1.46. The van der Waals surface area contributed by atoms with Gasteiger partial charge in [-0.25, -0.2) is 0 Å². The van der Waals surface area contributed by atoms with Crippen LogP contribution in [0.1, 0.15) is 37.7 Å². The number of likely N-dealkylation sites (tertiary alicyclic amines) is 2. The summed E-state index contributed by atoms with van der Waals surface area (Å²) in [5, 5.41) is 3.58. The largest absolute Gasteiger partial charge is 0.355 e. The molecule has 2 unspecified atom stereocenters. The van der Waals surface area contributed by atoms with Crippen molar-refractivity contribution in [1.82, 2.24) is 15.1 Å². The van der Waals surface area contributed by atoms with E-state index in [2.05, 4.69) is 57.4 Å². The lowest BCUT2D eigenvalue weighted by molar-refractivity contribution is 0.186. The zero-order valence-corrected chi connectivity index (χ0v) is 15.2. The highest BCUT2D eigenvalue weighted by Crippen LogP contribution is 2.26. The topological polar surface area (TPSA) is 30.9 Å². The molecule has 1 N–H and O–H groups in total. The van der Waals surface area contributed by atoms with Crippen LogP contribution in [0.25, 0.3) is 0 Å². The summed E-state index contributed by atoms with van der Waals surface area (Å²) < 4.78 is 0. The molecule has 2 atom stereocenters. The van der Waals surface area contributed by atoms with Crippen LogP contribution in [0.5, 0.6) is 0 Å². The van der Waals surface area contributed by atoms with E-state index >= 15 is 0 Å². The molecule has 0 radical (unpaired) electrons. The number of hydrogen-bond donors (Lipinski definition) is 1. The first kappa shape index (κ1) is 17.3. The molecule has 1 aromatic rings. The molecule has 0 bridgehead atoms. The van der Waals surface area contributed by atoms with E-state index in [4.69, 9.17) is 0 Å². The first-order chi connectivity index (χ1) is 11.8. The zero-order valence-electron chi connectivity index (χ0n) is 15.2. The van der Waals surface area contributed by atoms with Gasteiger partial charge < -0.3 is 15.1 Å². The van der Waals surface area contributed by atoms with E-state index in [-0.39, 0.29) is 0 Å². The summed E-state index contributed by atoms with van der Waals surface area (Å²) in [6.07, 6.45) is 3.95. The lowest BCUT2D eigenvalue weighted by Gasteiger charge is -2.31. The van der Waals surface area contributed by atoms with E-state index in [0.29, 0.717) is 5.92 Å². The second-order valence-electron chi connectivity index (χ2n) is 7.36. The first-order valence-corrected chi connectivity index (χ1v) is 9.49. The van der Waals surface area contributed by atoms with E-state index in [1.165, 1.54) is 37.9 Å². The molecule has 4 nitrogen and oxygen atoms in total. The Kier molecular flexibility index (Phi) is 6.13. The van der Waals surface area contributed by atoms with Crippen molar-refractivity contribution in [2.75, 3.05) is 46.3 Å². The van der Waals surface area contributed by atoms with Crippen LogP contribution in [-0.4, -0.2) is 62.1 Å². The Morgan fingerprint density at radius 2 is 2.00 bits per heavy atom.